The van der Waals surface area contributed by atoms with Crippen molar-refractivity contribution < 1.29 is 13.9 Å². The number of aryl methyl sites for hydroxylation is 2. The molecule has 3 atom stereocenters. The number of nitriles is 1. The van der Waals surface area contributed by atoms with E-state index in [4.69, 9.17) is 0 Å². The predicted octanol–water partition coefficient (Wildman–Crippen LogP) is 7.32. The van der Waals surface area contributed by atoms with Crippen LogP contribution in [-0.4, -0.2) is 52.3 Å². The summed E-state index contributed by atoms with van der Waals surface area (Å²) in [6.45, 7) is 9.27. The maximum absolute atomic E-state index is 16.7. The van der Waals surface area contributed by atoms with E-state index in [0.717, 1.165) is 24.8 Å². The highest BCUT2D eigenvalue weighted by molar-refractivity contribution is 6.08. The summed E-state index contributed by atoms with van der Waals surface area (Å²) in [5, 5.41) is 25.2. The van der Waals surface area contributed by atoms with Gasteiger partial charge in [0.2, 0.25) is 0 Å². The maximum atomic E-state index is 16.7. The lowest BCUT2D eigenvalue weighted by Crippen LogP contribution is -2.23. The third-order valence-corrected chi connectivity index (χ3v) is 9.94. The molecule has 0 aliphatic carbocycles. The number of phenols is 1. The fourth-order valence-electron chi connectivity index (χ4n) is 7.56. The van der Waals surface area contributed by atoms with E-state index in [1.165, 1.54) is 56.1 Å². The van der Waals surface area contributed by atoms with Crippen molar-refractivity contribution in [1.82, 2.24) is 19.8 Å². The molecule has 0 saturated carbocycles. The van der Waals surface area contributed by atoms with Crippen LogP contribution in [0.2, 0.25) is 0 Å². The number of hydrogen-bond donors (Lipinski definition) is 3. The summed E-state index contributed by atoms with van der Waals surface area (Å²) in [7, 11) is 2.22. The van der Waals surface area contributed by atoms with Gasteiger partial charge >= 0.3 is 0 Å². The van der Waals surface area contributed by atoms with Crippen molar-refractivity contribution in [2.45, 2.75) is 65.0 Å². The lowest BCUT2D eigenvalue weighted by atomic mass is 9.90. The summed E-state index contributed by atoms with van der Waals surface area (Å²) < 4.78 is 33.1. The van der Waals surface area contributed by atoms with Crippen LogP contribution in [0, 0.1) is 35.8 Å². The first-order valence-electron chi connectivity index (χ1n) is 16.2. The number of aromatic amines is 1. The van der Waals surface area contributed by atoms with Crippen LogP contribution in [0.3, 0.4) is 0 Å². The number of halogens is 2. The molecule has 2 aromatic heterocycles. The first-order chi connectivity index (χ1) is 22.1. The zero-order valence-corrected chi connectivity index (χ0v) is 26.9. The van der Waals surface area contributed by atoms with E-state index < -0.39 is 17.2 Å². The van der Waals surface area contributed by atoms with Crippen molar-refractivity contribution in [2.75, 3.05) is 26.7 Å². The van der Waals surface area contributed by atoms with Gasteiger partial charge in [-0.3, -0.25) is 4.79 Å². The average Bonchev–Trinajstić information content (AvgIpc) is 3.74. The molecule has 2 saturated heterocycles. The quantitative estimate of drug-likeness (QED) is 0.190. The predicted molar refractivity (Wildman–Crippen MR) is 180 cm³/mol. The Morgan fingerprint density at radius 2 is 1.89 bits per heavy atom. The Morgan fingerprint density at radius 3 is 2.54 bits per heavy atom. The zero-order valence-electron chi connectivity index (χ0n) is 26.9. The number of pyridine rings is 1. The molecule has 240 valence electrons. The smallest absolute Gasteiger partial charge is 0.257 e. The van der Waals surface area contributed by atoms with Crippen molar-refractivity contribution in [3.05, 3.63) is 75.7 Å². The lowest BCUT2D eigenvalue weighted by molar-refractivity contribution is 0.304. The van der Waals surface area contributed by atoms with Crippen LogP contribution < -0.4 is 10.9 Å². The van der Waals surface area contributed by atoms with Gasteiger partial charge < -0.3 is 24.9 Å². The Bertz CT molecular complexity index is 2040. The highest BCUT2D eigenvalue weighted by Crippen LogP contribution is 2.41. The standard InChI is InChI=1S/C30H26F2N4O2.C7H15N/c1-15-13-34-14-25(15)36-16(2)8-24-29(36)23-10-18(4-3-7-33)26(27(32)28(23)35-30(24)38)22-12-20(37)9-17-5-6-19(31)11-21(17)22;1-3-7-5-4-6-8(7)2/h5-6,8-12,15,25,34,37H,3-4,13-14H2,1-2H3,(H,35,38);7H,3-6H2,1-2H3/t15-,25?;/m1./s1. The molecule has 5 aromatic rings. The zero-order chi connectivity index (χ0) is 32.7. The molecule has 9 heteroatoms. The monoisotopic (exact) mass is 625 g/mol. The third kappa shape index (κ3) is 5.65. The van der Waals surface area contributed by atoms with Crippen molar-refractivity contribution >= 4 is 32.6 Å². The molecule has 3 N–H and O–H groups in total. The van der Waals surface area contributed by atoms with E-state index in [1.807, 2.05) is 19.1 Å². The molecule has 0 radical (unpaired) electrons. The minimum absolute atomic E-state index is 0.0454. The van der Waals surface area contributed by atoms with Gasteiger partial charge in [0.15, 0.2) is 5.82 Å². The Kier molecular flexibility index (Phi) is 8.86. The topological polar surface area (TPSA) is 97.1 Å². The van der Waals surface area contributed by atoms with Crippen LogP contribution in [0.4, 0.5) is 8.78 Å². The van der Waals surface area contributed by atoms with E-state index in [-0.39, 0.29) is 35.7 Å². The van der Waals surface area contributed by atoms with Crippen LogP contribution in [0.25, 0.3) is 43.7 Å². The number of aromatic hydroxyl groups is 1. The third-order valence-electron chi connectivity index (χ3n) is 9.94. The minimum atomic E-state index is -0.673. The Balaban J connectivity index is 0.000000407. The summed E-state index contributed by atoms with van der Waals surface area (Å²) in [6.07, 6.45) is 4.55. The van der Waals surface area contributed by atoms with Crippen molar-refractivity contribution in [1.29, 1.82) is 5.26 Å². The van der Waals surface area contributed by atoms with Gasteiger partial charge in [0.25, 0.3) is 5.56 Å². The summed E-state index contributed by atoms with van der Waals surface area (Å²) in [5.41, 5.74) is 2.21. The summed E-state index contributed by atoms with van der Waals surface area (Å²) >= 11 is 0. The molecule has 2 unspecified atom stereocenters. The number of phenolic OH excluding ortho intramolecular Hbond substituents is 1. The normalized spacial score (nSPS) is 20.0. The van der Waals surface area contributed by atoms with Crippen molar-refractivity contribution in [3.8, 4) is 22.9 Å². The number of nitrogens with zero attached hydrogens (tertiary/aromatic N) is 3. The van der Waals surface area contributed by atoms with Gasteiger partial charge in [0, 0.05) is 35.7 Å². The molecule has 0 spiro atoms. The lowest BCUT2D eigenvalue weighted by Gasteiger charge is -2.22. The highest BCUT2D eigenvalue weighted by Gasteiger charge is 2.29. The molecule has 2 aliphatic rings. The first-order valence-corrected chi connectivity index (χ1v) is 16.2. The number of H-pyrrole nitrogens is 1. The Morgan fingerprint density at radius 1 is 1.09 bits per heavy atom. The molecule has 4 heterocycles. The summed E-state index contributed by atoms with van der Waals surface area (Å²) in [6, 6.07) is 13.8. The highest BCUT2D eigenvalue weighted by atomic mass is 19.1. The van der Waals surface area contributed by atoms with E-state index >= 15 is 4.39 Å². The molecule has 46 heavy (non-hydrogen) atoms. The second-order valence-electron chi connectivity index (χ2n) is 12.9. The van der Waals surface area contributed by atoms with Gasteiger partial charge in [-0.05, 0) is 117 Å². The second kappa shape index (κ2) is 12.9. The number of nitrogens with one attached hydrogen (secondary N) is 2. The number of hydrogen-bond acceptors (Lipinski definition) is 5. The van der Waals surface area contributed by atoms with Gasteiger partial charge in [-0.1, -0.05) is 19.9 Å². The fourth-order valence-corrected chi connectivity index (χ4v) is 7.56. The molecule has 7 nitrogen and oxygen atoms in total. The van der Waals surface area contributed by atoms with Crippen molar-refractivity contribution in [2.24, 2.45) is 5.92 Å². The molecule has 3 aromatic carbocycles. The van der Waals surface area contributed by atoms with Crippen LogP contribution in [-0.2, 0) is 6.42 Å². The van der Waals surface area contributed by atoms with E-state index in [1.54, 1.807) is 0 Å². The first kappa shape index (κ1) is 31.7. The van der Waals surface area contributed by atoms with E-state index in [0.29, 0.717) is 44.1 Å². The van der Waals surface area contributed by atoms with Gasteiger partial charge in [0.1, 0.15) is 11.6 Å². The van der Waals surface area contributed by atoms with Crippen LogP contribution in [0.1, 0.15) is 56.8 Å². The number of likely N-dealkylation sites (tertiary alicyclic amines) is 1. The number of benzene rings is 3. The fraction of sp³-hybridized carbons (Fsp3) is 0.405. The van der Waals surface area contributed by atoms with Gasteiger partial charge in [-0.2, -0.15) is 5.26 Å². The second-order valence-corrected chi connectivity index (χ2v) is 12.9. The maximum Gasteiger partial charge on any atom is 0.257 e. The Hall–Kier alpha value is -4.26. The molecule has 0 bridgehead atoms. The molecule has 7 rings (SSSR count). The minimum Gasteiger partial charge on any atom is -0.508 e. The number of rotatable bonds is 5. The SMILES string of the molecule is CCC1CCCN1C.Cc1cc2c(=O)[nH]c3c(F)c(-c4cc(O)cc5ccc(F)cc45)c(CCC#N)cc3c2n1C1CNC[C@H]1C. The van der Waals surface area contributed by atoms with Crippen molar-refractivity contribution in [3.63, 3.8) is 0 Å². The van der Waals surface area contributed by atoms with E-state index in [9.17, 15) is 19.6 Å². The average molecular weight is 626 g/mol. The van der Waals surface area contributed by atoms with Crippen LogP contribution >= 0.6 is 0 Å². The largest absolute Gasteiger partial charge is 0.508 e. The van der Waals surface area contributed by atoms with Crippen LogP contribution in [0.5, 0.6) is 5.75 Å². The summed E-state index contributed by atoms with van der Waals surface area (Å²) in [4.78, 5) is 18.4. The Labute approximate surface area is 267 Å². The van der Waals surface area contributed by atoms with E-state index in [2.05, 4.69) is 46.7 Å². The molecule has 2 aliphatic heterocycles. The van der Waals surface area contributed by atoms with Crippen LogP contribution in [0.15, 0.2) is 47.3 Å². The van der Waals surface area contributed by atoms with Gasteiger partial charge in [-0.25, -0.2) is 8.78 Å². The molecule has 2 fully saturated rings. The molecule has 0 amide bonds. The molecular formula is C37H41F2N5O2. The molecular weight excluding hydrogens is 584 g/mol. The summed E-state index contributed by atoms with van der Waals surface area (Å²) in [5.74, 6) is -0.948. The van der Waals surface area contributed by atoms with Gasteiger partial charge in [0.05, 0.1) is 28.5 Å². The number of fused-ring (bicyclic) bond motifs is 4. The number of aromatic nitrogens is 2. The van der Waals surface area contributed by atoms with Gasteiger partial charge in [-0.15, -0.1) is 0 Å².